The van der Waals surface area contributed by atoms with Crippen molar-refractivity contribution in [2.75, 3.05) is 0 Å². The Morgan fingerprint density at radius 3 is 1.63 bits per heavy atom. The molecule has 4 rings (SSSR count). The van der Waals surface area contributed by atoms with E-state index in [1.54, 1.807) is 48.6 Å². The molecule has 2 atom stereocenters. The van der Waals surface area contributed by atoms with Gasteiger partial charge in [-0.3, -0.25) is 16.2 Å². The summed E-state index contributed by atoms with van der Waals surface area (Å²) in [6.45, 7) is 18.1. The molecular weight excluding hydrogens is 568 g/mol. The SMILES string of the molecule is C=Cc1ccc(C(=O)Cl)cc1.C=Cc1ccc(C(=O)OC2CCCCC2C=C)cc1.O=C1CCCCC1.[CH-]=C.[Cl-].[Mg+2]. The number of ketones is 1. The van der Waals surface area contributed by atoms with Gasteiger partial charge in [0.05, 0.1) is 5.56 Å². The summed E-state index contributed by atoms with van der Waals surface area (Å²) in [6, 6.07) is 14.2. The van der Waals surface area contributed by atoms with Crippen LogP contribution < -0.4 is 12.4 Å². The summed E-state index contributed by atoms with van der Waals surface area (Å²) < 4.78 is 5.62. The fourth-order valence-electron chi connectivity index (χ4n) is 4.20. The standard InChI is InChI=1S/C17H20O2.C9H7ClO.C6H10O.C2H3.ClH.Mg/c1-3-13-9-11-15(12-10-13)17(18)19-16-8-6-5-7-14(16)4-2;1-2-7-3-5-8(6-4-7)9(10)11;7-6-4-2-1-3-5-6;1-2;;/h3-4,9-12,14,16H,1-2,5-8H2;2-6H,1H2;1-5H2;1H,2H2;1H;/q;;;-1;;+2/p-1. The molecule has 2 saturated carbocycles. The second kappa shape index (κ2) is 24.2. The maximum atomic E-state index is 12.1. The third-order valence-electron chi connectivity index (χ3n) is 6.48. The minimum atomic E-state index is -0.430. The predicted molar refractivity (Wildman–Crippen MR) is 168 cm³/mol. The smallest absolute Gasteiger partial charge is 1.00 e. The molecule has 0 radical (unpaired) electrons. The monoisotopic (exact) mass is 606 g/mol. The summed E-state index contributed by atoms with van der Waals surface area (Å²) in [5.74, 6) is 0.519. The van der Waals surface area contributed by atoms with E-state index in [1.165, 1.54) is 12.8 Å². The van der Waals surface area contributed by atoms with Gasteiger partial charge in [0.2, 0.25) is 0 Å². The first-order valence-corrected chi connectivity index (χ1v) is 13.7. The van der Waals surface area contributed by atoms with Crippen molar-refractivity contribution in [2.24, 2.45) is 5.92 Å². The van der Waals surface area contributed by atoms with Crippen molar-refractivity contribution >= 4 is 63.8 Å². The number of halogens is 2. The van der Waals surface area contributed by atoms with E-state index in [0.717, 1.165) is 56.1 Å². The number of ether oxygens (including phenoxy) is 1. The Hall–Kier alpha value is -2.44. The van der Waals surface area contributed by atoms with E-state index in [9.17, 15) is 14.4 Å². The van der Waals surface area contributed by atoms with E-state index >= 15 is 0 Å². The van der Waals surface area contributed by atoms with Crippen LogP contribution in [0.4, 0.5) is 0 Å². The molecule has 2 aromatic carbocycles. The molecule has 7 heteroatoms. The molecule has 0 aliphatic heterocycles. The summed E-state index contributed by atoms with van der Waals surface area (Å²) in [6.07, 6.45) is 14.9. The minimum absolute atomic E-state index is 0. The zero-order valence-corrected chi connectivity index (χ0v) is 26.8. The van der Waals surface area contributed by atoms with Gasteiger partial charge in [-0.25, -0.2) is 4.79 Å². The third-order valence-corrected chi connectivity index (χ3v) is 6.70. The zero-order chi connectivity index (χ0) is 29.0. The van der Waals surface area contributed by atoms with Gasteiger partial charge in [0.15, 0.2) is 0 Å². The van der Waals surface area contributed by atoms with Gasteiger partial charge in [0.25, 0.3) is 5.24 Å². The predicted octanol–water partition coefficient (Wildman–Crippen LogP) is 5.69. The van der Waals surface area contributed by atoms with E-state index in [0.29, 0.717) is 22.8 Å². The molecule has 0 bridgehead atoms. The normalized spacial score (nSPS) is 16.9. The average Bonchev–Trinajstić information content (AvgIpc) is 2.99. The molecule has 0 aromatic heterocycles. The fraction of sp³-hybridized carbons (Fsp3) is 0.324. The molecule has 0 heterocycles. The number of benzene rings is 2. The van der Waals surface area contributed by atoms with Crippen LogP contribution in [0.1, 0.15) is 89.6 Å². The van der Waals surface area contributed by atoms with Crippen LogP contribution in [0.3, 0.4) is 0 Å². The number of esters is 1. The van der Waals surface area contributed by atoms with Crippen LogP contribution in [0.2, 0.25) is 0 Å². The Balaban J connectivity index is 0. The summed E-state index contributed by atoms with van der Waals surface area (Å²) in [4.78, 5) is 33.1. The second-order valence-corrected chi connectivity index (χ2v) is 9.50. The maximum absolute atomic E-state index is 12.1. The molecule has 0 amide bonds. The first-order valence-electron chi connectivity index (χ1n) is 13.3. The van der Waals surface area contributed by atoms with Crippen molar-refractivity contribution in [2.45, 2.75) is 63.9 Å². The van der Waals surface area contributed by atoms with E-state index in [-0.39, 0.29) is 47.5 Å². The van der Waals surface area contributed by atoms with Crippen molar-refractivity contribution in [3.63, 3.8) is 0 Å². The number of hydrogen-bond acceptors (Lipinski definition) is 4. The Labute approximate surface area is 273 Å². The average molecular weight is 608 g/mol. The van der Waals surface area contributed by atoms with E-state index in [2.05, 4.69) is 32.9 Å². The van der Waals surface area contributed by atoms with Crippen molar-refractivity contribution in [3.05, 3.63) is 110 Å². The van der Waals surface area contributed by atoms with Crippen LogP contribution >= 0.6 is 11.6 Å². The van der Waals surface area contributed by atoms with Crippen molar-refractivity contribution in [1.29, 1.82) is 0 Å². The van der Waals surface area contributed by atoms with Crippen molar-refractivity contribution in [3.8, 4) is 0 Å². The molecule has 0 saturated heterocycles. The molecular formula is C34H40Cl2MgO4. The topological polar surface area (TPSA) is 60.4 Å². The number of rotatable bonds is 6. The molecule has 216 valence electrons. The Bertz CT molecular complexity index is 1070. The number of hydrogen-bond donors (Lipinski definition) is 0. The van der Waals surface area contributed by atoms with Gasteiger partial charge in [-0.1, -0.05) is 68.5 Å². The van der Waals surface area contributed by atoms with Crippen molar-refractivity contribution < 1.29 is 31.5 Å². The molecule has 2 aliphatic carbocycles. The van der Waals surface area contributed by atoms with Gasteiger partial charge in [-0.2, -0.15) is 0 Å². The van der Waals surface area contributed by atoms with E-state index in [4.69, 9.17) is 16.3 Å². The van der Waals surface area contributed by atoms with E-state index < -0.39 is 5.24 Å². The molecule has 0 N–H and O–H groups in total. The molecule has 0 spiro atoms. The number of carbonyl (C=O) groups is 3. The molecule has 2 unspecified atom stereocenters. The van der Waals surface area contributed by atoms with Crippen LogP contribution in [0.25, 0.3) is 12.2 Å². The van der Waals surface area contributed by atoms with Crippen LogP contribution in [0, 0.1) is 12.5 Å². The van der Waals surface area contributed by atoms with Crippen LogP contribution in [-0.4, -0.2) is 46.2 Å². The first kappa shape index (κ1) is 40.7. The fourth-order valence-corrected chi connectivity index (χ4v) is 4.32. The summed E-state index contributed by atoms with van der Waals surface area (Å²) >= 11 is 5.23. The Morgan fingerprint density at radius 2 is 1.24 bits per heavy atom. The first-order chi connectivity index (χ1) is 18.9. The van der Waals surface area contributed by atoms with Crippen LogP contribution in [0.15, 0.2) is 80.9 Å². The molecule has 2 aromatic rings. The second-order valence-electron chi connectivity index (χ2n) is 9.15. The maximum Gasteiger partial charge on any atom is 2.00 e. The Morgan fingerprint density at radius 1 is 0.780 bits per heavy atom. The molecule has 4 nitrogen and oxygen atoms in total. The molecule has 2 fully saturated rings. The number of carbonyl (C=O) groups excluding carboxylic acids is 3. The summed E-state index contributed by atoms with van der Waals surface area (Å²) in [5, 5.41) is -0.430. The van der Waals surface area contributed by atoms with Crippen molar-refractivity contribution in [1.82, 2.24) is 0 Å². The summed E-state index contributed by atoms with van der Waals surface area (Å²) in [5.41, 5.74) is 3.08. The number of Topliss-reactive ketones (excluding diaryl/α,β-unsaturated/α-hetero) is 1. The van der Waals surface area contributed by atoms with Crippen LogP contribution in [0.5, 0.6) is 0 Å². The largest absolute Gasteiger partial charge is 2.00 e. The van der Waals surface area contributed by atoms with Gasteiger partial charge in [0, 0.05) is 24.3 Å². The molecule has 2 aliphatic rings. The van der Waals surface area contributed by atoms with Gasteiger partial charge in [-0.05, 0) is 79.1 Å². The van der Waals surface area contributed by atoms with Gasteiger partial charge < -0.3 is 23.7 Å². The van der Waals surface area contributed by atoms with Gasteiger partial charge in [-0.15, -0.1) is 6.58 Å². The van der Waals surface area contributed by atoms with E-state index in [1.807, 2.05) is 18.2 Å². The summed E-state index contributed by atoms with van der Waals surface area (Å²) in [7, 11) is 0. The van der Waals surface area contributed by atoms with Crippen LogP contribution in [-0.2, 0) is 9.53 Å². The quantitative estimate of drug-likeness (QED) is 0.139. The van der Waals surface area contributed by atoms with Gasteiger partial charge in [0.1, 0.15) is 11.9 Å². The Kier molecular flexibility index (Phi) is 24.0. The minimum Gasteiger partial charge on any atom is -1.00 e. The zero-order valence-electron chi connectivity index (χ0n) is 23.9. The third kappa shape index (κ3) is 16.0. The van der Waals surface area contributed by atoms with Gasteiger partial charge >= 0.3 is 29.0 Å². The molecule has 41 heavy (non-hydrogen) atoms.